The third kappa shape index (κ3) is 1.85. The van der Waals surface area contributed by atoms with E-state index in [-0.39, 0.29) is 17.8 Å². The molecule has 0 radical (unpaired) electrons. The van der Waals surface area contributed by atoms with E-state index in [0.29, 0.717) is 24.4 Å². The van der Waals surface area contributed by atoms with Crippen LogP contribution in [0.25, 0.3) is 0 Å². The van der Waals surface area contributed by atoms with Crippen molar-refractivity contribution in [3.05, 3.63) is 35.9 Å². The van der Waals surface area contributed by atoms with Crippen molar-refractivity contribution >= 4 is 29.2 Å². The highest BCUT2D eigenvalue weighted by Gasteiger charge is 2.30. The number of nitrogens with one attached hydrogen (secondary N) is 1. The Hall–Kier alpha value is -2.63. The van der Waals surface area contributed by atoms with Crippen molar-refractivity contribution in [2.24, 2.45) is 0 Å². The van der Waals surface area contributed by atoms with E-state index in [2.05, 4.69) is 5.32 Å². The maximum absolute atomic E-state index is 11.9. The molecule has 0 spiro atoms. The quantitative estimate of drug-likeness (QED) is 0.817. The van der Waals surface area contributed by atoms with Gasteiger partial charge in [0.2, 0.25) is 0 Å². The maximum Gasteiger partial charge on any atom is 0.321 e. The molecule has 6 heteroatoms. The van der Waals surface area contributed by atoms with E-state index in [1.54, 1.807) is 36.1 Å². The predicted octanol–water partition coefficient (Wildman–Crippen LogP) is 1.04. The summed E-state index contributed by atoms with van der Waals surface area (Å²) in [4.78, 5) is 37.9. The summed E-state index contributed by atoms with van der Waals surface area (Å²) in [5, 5.41) is 2.72. The van der Waals surface area contributed by atoms with Gasteiger partial charge in [-0.1, -0.05) is 0 Å². The molecule has 1 fully saturated rings. The van der Waals surface area contributed by atoms with Crippen LogP contribution in [-0.4, -0.2) is 30.9 Å². The average Bonchev–Trinajstić information content (AvgIpc) is 2.95. The van der Waals surface area contributed by atoms with Crippen LogP contribution >= 0.6 is 0 Å². The van der Waals surface area contributed by atoms with Gasteiger partial charge in [-0.15, -0.1) is 0 Å². The second kappa shape index (κ2) is 4.48. The summed E-state index contributed by atoms with van der Waals surface area (Å²) in [6.07, 6.45) is 1.32. The summed E-state index contributed by atoms with van der Waals surface area (Å²) in [7, 11) is 0. The number of amides is 4. The number of hydrogen-bond donors (Lipinski definition) is 1. The highest BCUT2D eigenvalue weighted by molar-refractivity contribution is 6.30. The standard InChI is InChI=1S/C14H13N3O3/c1-9-8-12(18)17(13(9)19)11-4-2-10(3-5-11)16-7-6-15-14(16)20/h2-5,8H,6-7H2,1H3,(H,15,20). The Morgan fingerprint density at radius 2 is 1.70 bits per heavy atom. The Kier molecular flexibility index (Phi) is 2.78. The van der Waals surface area contributed by atoms with Gasteiger partial charge in [0.25, 0.3) is 11.8 Å². The van der Waals surface area contributed by atoms with Gasteiger partial charge in [-0.3, -0.25) is 14.5 Å². The fourth-order valence-electron chi connectivity index (χ4n) is 2.33. The lowest BCUT2D eigenvalue weighted by molar-refractivity contribution is -0.120. The van der Waals surface area contributed by atoms with Crippen LogP contribution in [0.4, 0.5) is 16.2 Å². The first kappa shape index (κ1) is 12.4. The molecule has 0 bridgehead atoms. The van der Waals surface area contributed by atoms with Gasteiger partial charge in [0.05, 0.1) is 5.69 Å². The van der Waals surface area contributed by atoms with Crippen molar-refractivity contribution in [2.45, 2.75) is 6.92 Å². The number of anilines is 2. The summed E-state index contributed by atoms with van der Waals surface area (Å²) in [6.45, 7) is 2.84. The van der Waals surface area contributed by atoms with Crippen LogP contribution in [0, 0.1) is 0 Å². The van der Waals surface area contributed by atoms with Crippen LogP contribution in [0.1, 0.15) is 6.92 Å². The second-order valence-electron chi connectivity index (χ2n) is 4.71. The molecule has 1 aromatic rings. The van der Waals surface area contributed by atoms with Gasteiger partial charge in [0.15, 0.2) is 0 Å². The Morgan fingerprint density at radius 1 is 1.05 bits per heavy atom. The molecule has 102 valence electrons. The van der Waals surface area contributed by atoms with E-state index in [1.807, 2.05) is 0 Å². The minimum Gasteiger partial charge on any atom is -0.336 e. The van der Waals surface area contributed by atoms with Crippen molar-refractivity contribution in [3.8, 4) is 0 Å². The Labute approximate surface area is 115 Å². The van der Waals surface area contributed by atoms with E-state index in [0.717, 1.165) is 10.6 Å². The van der Waals surface area contributed by atoms with E-state index in [9.17, 15) is 14.4 Å². The SMILES string of the molecule is CC1=CC(=O)N(c2ccc(N3CCNC3=O)cc2)C1=O. The zero-order valence-electron chi connectivity index (χ0n) is 10.9. The number of carbonyl (C=O) groups is 3. The number of benzene rings is 1. The van der Waals surface area contributed by atoms with Crippen LogP contribution in [0.15, 0.2) is 35.9 Å². The average molecular weight is 271 g/mol. The van der Waals surface area contributed by atoms with Gasteiger partial charge in [-0.25, -0.2) is 9.69 Å². The number of rotatable bonds is 2. The molecule has 3 rings (SSSR count). The first-order valence-corrected chi connectivity index (χ1v) is 6.30. The molecule has 0 atom stereocenters. The zero-order valence-corrected chi connectivity index (χ0v) is 10.9. The van der Waals surface area contributed by atoms with Crippen molar-refractivity contribution in [1.29, 1.82) is 0 Å². The topological polar surface area (TPSA) is 69.7 Å². The summed E-state index contributed by atoms with van der Waals surface area (Å²) in [5.74, 6) is -0.638. The van der Waals surface area contributed by atoms with E-state index < -0.39 is 0 Å². The van der Waals surface area contributed by atoms with Gasteiger partial charge < -0.3 is 5.32 Å². The van der Waals surface area contributed by atoms with Crippen LogP contribution in [0.2, 0.25) is 0 Å². The van der Waals surface area contributed by atoms with E-state index in [1.165, 1.54) is 6.08 Å². The minimum atomic E-state index is -0.334. The number of imide groups is 1. The lowest BCUT2D eigenvalue weighted by atomic mass is 10.2. The Balaban J connectivity index is 1.85. The summed E-state index contributed by atoms with van der Waals surface area (Å²) < 4.78 is 0. The Bertz CT molecular complexity index is 634. The van der Waals surface area contributed by atoms with Gasteiger partial charge in [-0.2, -0.15) is 0 Å². The van der Waals surface area contributed by atoms with Crippen LogP contribution in [0.5, 0.6) is 0 Å². The molecule has 0 unspecified atom stereocenters. The van der Waals surface area contributed by atoms with Crippen molar-refractivity contribution in [3.63, 3.8) is 0 Å². The predicted molar refractivity (Wildman–Crippen MR) is 73.4 cm³/mol. The number of carbonyl (C=O) groups excluding carboxylic acids is 3. The first-order chi connectivity index (χ1) is 9.58. The first-order valence-electron chi connectivity index (χ1n) is 6.30. The third-order valence-electron chi connectivity index (χ3n) is 3.38. The molecule has 4 amide bonds. The lowest BCUT2D eigenvalue weighted by Crippen LogP contribution is -2.31. The van der Waals surface area contributed by atoms with Crippen molar-refractivity contribution in [2.75, 3.05) is 22.9 Å². The molecule has 2 heterocycles. The molecule has 1 saturated heterocycles. The highest BCUT2D eigenvalue weighted by atomic mass is 16.2. The van der Waals surface area contributed by atoms with Gasteiger partial charge in [0.1, 0.15) is 0 Å². The van der Waals surface area contributed by atoms with Crippen molar-refractivity contribution < 1.29 is 14.4 Å². The largest absolute Gasteiger partial charge is 0.336 e. The second-order valence-corrected chi connectivity index (χ2v) is 4.71. The number of urea groups is 1. The monoisotopic (exact) mass is 271 g/mol. The molecule has 1 aromatic carbocycles. The summed E-state index contributed by atoms with van der Waals surface area (Å²) in [6, 6.07) is 6.67. The summed E-state index contributed by atoms with van der Waals surface area (Å²) in [5.41, 5.74) is 1.68. The third-order valence-corrected chi connectivity index (χ3v) is 3.38. The van der Waals surface area contributed by atoms with Gasteiger partial charge in [0, 0.05) is 30.4 Å². The highest BCUT2D eigenvalue weighted by Crippen LogP contribution is 2.25. The van der Waals surface area contributed by atoms with E-state index >= 15 is 0 Å². The van der Waals surface area contributed by atoms with Crippen LogP contribution in [0.3, 0.4) is 0 Å². The molecular weight excluding hydrogens is 258 g/mol. The molecule has 6 nitrogen and oxygen atoms in total. The fourth-order valence-corrected chi connectivity index (χ4v) is 2.33. The van der Waals surface area contributed by atoms with Crippen LogP contribution in [-0.2, 0) is 9.59 Å². The van der Waals surface area contributed by atoms with Gasteiger partial charge >= 0.3 is 6.03 Å². The Morgan fingerprint density at radius 3 is 2.20 bits per heavy atom. The summed E-state index contributed by atoms with van der Waals surface area (Å²) >= 11 is 0. The zero-order chi connectivity index (χ0) is 14.3. The van der Waals surface area contributed by atoms with Crippen molar-refractivity contribution in [1.82, 2.24) is 5.32 Å². The van der Waals surface area contributed by atoms with Crippen LogP contribution < -0.4 is 15.1 Å². The molecule has 20 heavy (non-hydrogen) atoms. The molecule has 1 N–H and O–H groups in total. The number of nitrogens with zero attached hydrogens (tertiary/aromatic N) is 2. The molecule has 0 saturated carbocycles. The smallest absolute Gasteiger partial charge is 0.321 e. The molecule has 0 aliphatic carbocycles. The maximum atomic E-state index is 11.9. The molecule has 2 aliphatic rings. The molecule has 0 aromatic heterocycles. The number of hydrogen-bond acceptors (Lipinski definition) is 3. The normalized spacial score (nSPS) is 18.6. The molecular formula is C14H13N3O3. The van der Waals surface area contributed by atoms with E-state index in [4.69, 9.17) is 0 Å². The molecule has 2 aliphatic heterocycles. The minimum absolute atomic E-state index is 0.136. The fraction of sp³-hybridized carbons (Fsp3) is 0.214. The lowest BCUT2D eigenvalue weighted by Gasteiger charge is -2.17. The van der Waals surface area contributed by atoms with Gasteiger partial charge in [-0.05, 0) is 31.2 Å².